The Kier molecular flexibility index (Phi) is 7.82. The summed E-state index contributed by atoms with van der Waals surface area (Å²) in [5, 5.41) is 9.64. The van der Waals surface area contributed by atoms with Crippen LogP contribution >= 0.6 is 0 Å². The molecule has 0 aliphatic carbocycles. The van der Waals surface area contributed by atoms with Gasteiger partial charge in [0.15, 0.2) is 0 Å². The normalized spacial score (nSPS) is 9.78. The standard InChI is InChI=1S/C15H9O2.C5H.Fe/c1-11-6-8-13(15(17)10-11)14(16)9-7-12-4-2-3-5-12;1-2-4-5-3-1;/h6-10,17H,1H3;1H;/q2*-5;. The van der Waals surface area contributed by atoms with Crippen LogP contribution in [0.1, 0.15) is 21.5 Å². The topological polar surface area (TPSA) is 37.3 Å². The van der Waals surface area contributed by atoms with Crippen molar-refractivity contribution in [3.8, 4) is 5.75 Å². The van der Waals surface area contributed by atoms with E-state index < -0.39 is 0 Å². The second-order valence-electron chi connectivity index (χ2n) is 4.31. The average molecular weight is 338 g/mol. The van der Waals surface area contributed by atoms with Crippen molar-refractivity contribution >= 4 is 11.9 Å². The van der Waals surface area contributed by atoms with Crippen molar-refractivity contribution in [2.75, 3.05) is 0 Å². The van der Waals surface area contributed by atoms with Gasteiger partial charge >= 0.3 is 0 Å². The van der Waals surface area contributed by atoms with Crippen molar-refractivity contribution in [2.45, 2.75) is 6.92 Å². The molecule has 0 saturated heterocycles. The Bertz CT molecular complexity index is 706. The van der Waals surface area contributed by atoms with E-state index in [9.17, 15) is 9.90 Å². The Labute approximate surface area is 147 Å². The van der Waals surface area contributed by atoms with Gasteiger partial charge in [0.1, 0.15) is 5.75 Å². The Morgan fingerprint density at radius 3 is 2.35 bits per heavy atom. The molecule has 0 atom stereocenters. The zero-order chi connectivity index (χ0) is 15.8. The number of phenolic OH excluding ortho intramolecular Hbond substituents is 1. The molecule has 0 radical (unpaired) electrons. The Morgan fingerprint density at radius 1 is 1.17 bits per heavy atom. The molecule has 1 N–H and O–H groups in total. The Balaban J connectivity index is 0.000000377. The second kappa shape index (κ2) is 9.62. The molecule has 0 heterocycles. The zero-order valence-corrected chi connectivity index (χ0v) is 13.3. The van der Waals surface area contributed by atoms with E-state index in [1.54, 1.807) is 30.3 Å². The van der Waals surface area contributed by atoms with Crippen LogP contribution < -0.4 is 0 Å². The van der Waals surface area contributed by atoms with Gasteiger partial charge in [-0.2, -0.15) is 0 Å². The Morgan fingerprint density at radius 2 is 1.83 bits per heavy atom. The maximum Gasteiger partial charge on any atom is 0.124 e. The van der Waals surface area contributed by atoms with E-state index in [0.29, 0.717) is 5.56 Å². The number of aryl methyl sites for hydroxylation is 1. The number of aromatic hydroxyl groups is 1. The third-order valence-corrected chi connectivity index (χ3v) is 2.63. The van der Waals surface area contributed by atoms with Crippen molar-refractivity contribution in [2.24, 2.45) is 0 Å². The molecule has 120 valence electrons. The fraction of sp³-hybridized carbons (Fsp3) is 0.0500. The predicted octanol–water partition coefficient (Wildman–Crippen LogP) is 3.12. The summed E-state index contributed by atoms with van der Waals surface area (Å²) in [5.74, 6) is -0.265. The SMILES string of the molecule is Cc1ccc(C(=O)C=C[c-]2[c-][c-][c-][c-]2)c(O)c1.[Fe].[c-]1[c-][c-][cH-][c-]1. The van der Waals surface area contributed by atoms with E-state index in [2.05, 4.69) is 48.5 Å². The molecular weight excluding hydrogens is 328 g/mol. The third kappa shape index (κ3) is 6.11. The molecule has 0 unspecified atom stereocenters. The molecule has 0 spiro atoms. The molecular formula is C20H10FeO2-10. The molecule has 3 aromatic carbocycles. The third-order valence-electron chi connectivity index (χ3n) is 2.63. The summed E-state index contributed by atoms with van der Waals surface area (Å²) in [6.07, 6.45) is 2.93. The molecule has 3 aromatic rings. The summed E-state index contributed by atoms with van der Waals surface area (Å²) < 4.78 is 0. The largest absolute Gasteiger partial charge is 0.999 e. The van der Waals surface area contributed by atoms with Crippen LogP contribution in [0.2, 0.25) is 0 Å². The van der Waals surface area contributed by atoms with Crippen LogP contribution in [-0.4, -0.2) is 10.9 Å². The van der Waals surface area contributed by atoms with E-state index >= 15 is 0 Å². The van der Waals surface area contributed by atoms with Gasteiger partial charge in [-0.3, -0.25) is 0 Å². The number of hydrogen-bond donors (Lipinski definition) is 1. The molecule has 0 aliphatic rings. The minimum atomic E-state index is -0.259. The number of ketones is 1. The first-order chi connectivity index (χ1) is 10.7. The summed E-state index contributed by atoms with van der Waals surface area (Å²) in [6, 6.07) is 27.6. The van der Waals surface area contributed by atoms with E-state index in [-0.39, 0.29) is 34.2 Å². The number of rotatable bonds is 3. The maximum atomic E-state index is 11.8. The average Bonchev–Trinajstić information content (AvgIpc) is 3.21. The van der Waals surface area contributed by atoms with Crippen molar-refractivity contribution in [1.29, 1.82) is 0 Å². The first-order valence-electron chi connectivity index (χ1n) is 6.40. The molecule has 3 heteroatoms. The van der Waals surface area contributed by atoms with E-state index in [4.69, 9.17) is 0 Å². The number of hydrogen-bond acceptors (Lipinski definition) is 2. The Hall–Kier alpha value is -2.35. The van der Waals surface area contributed by atoms with Gasteiger partial charge in [-0.15, -0.1) is 0 Å². The van der Waals surface area contributed by atoms with Crippen LogP contribution in [-0.2, 0) is 17.1 Å². The molecule has 0 bridgehead atoms. The molecule has 0 amide bonds. The first kappa shape index (κ1) is 18.7. The van der Waals surface area contributed by atoms with Gasteiger partial charge in [-0.1, -0.05) is 6.07 Å². The molecule has 3 rings (SSSR count). The molecule has 0 saturated carbocycles. The van der Waals surface area contributed by atoms with Crippen LogP contribution in [0.3, 0.4) is 0 Å². The fourth-order valence-electron chi connectivity index (χ4n) is 1.59. The monoisotopic (exact) mass is 338 g/mol. The summed E-state index contributed by atoms with van der Waals surface area (Å²) in [5.41, 5.74) is 1.81. The van der Waals surface area contributed by atoms with Crippen molar-refractivity contribution in [3.63, 3.8) is 0 Å². The quantitative estimate of drug-likeness (QED) is 0.345. The number of allylic oxidation sites excluding steroid dienone is 1. The molecule has 2 nitrogen and oxygen atoms in total. The molecule has 0 aromatic heterocycles. The smallest absolute Gasteiger partial charge is 0.124 e. The predicted molar refractivity (Wildman–Crippen MR) is 81.0 cm³/mol. The number of phenols is 1. The van der Waals surface area contributed by atoms with E-state index in [1.807, 2.05) is 6.92 Å². The minimum absolute atomic E-state index is 0. The van der Waals surface area contributed by atoms with Gasteiger partial charge in [0, 0.05) is 28.4 Å². The van der Waals surface area contributed by atoms with E-state index in [1.165, 1.54) is 6.08 Å². The van der Waals surface area contributed by atoms with Gasteiger partial charge in [0.05, 0.1) is 0 Å². The van der Waals surface area contributed by atoms with Crippen LogP contribution in [0.25, 0.3) is 6.08 Å². The summed E-state index contributed by atoms with van der Waals surface area (Å²) in [6.45, 7) is 1.85. The second-order valence-corrected chi connectivity index (χ2v) is 4.31. The molecule has 0 aliphatic heterocycles. The summed E-state index contributed by atoms with van der Waals surface area (Å²) in [7, 11) is 0. The van der Waals surface area contributed by atoms with Crippen molar-refractivity contribution in [1.82, 2.24) is 0 Å². The van der Waals surface area contributed by atoms with Gasteiger partial charge in [0.25, 0.3) is 0 Å². The van der Waals surface area contributed by atoms with Crippen molar-refractivity contribution < 1.29 is 27.0 Å². The number of carbonyl (C=O) groups is 1. The van der Waals surface area contributed by atoms with Gasteiger partial charge in [0.2, 0.25) is 0 Å². The van der Waals surface area contributed by atoms with Crippen LogP contribution in [0, 0.1) is 55.5 Å². The minimum Gasteiger partial charge on any atom is -0.999 e. The zero-order valence-electron chi connectivity index (χ0n) is 12.2. The fourth-order valence-corrected chi connectivity index (χ4v) is 1.59. The van der Waals surface area contributed by atoms with Crippen LogP contribution in [0.4, 0.5) is 0 Å². The number of carbonyl (C=O) groups excluding carboxylic acids is 1. The molecule has 23 heavy (non-hydrogen) atoms. The van der Waals surface area contributed by atoms with Gasteiger partial charge in [-0.25, -0.2) is 0 Å². The van der Waals surface area contributed by atoms with Crippen LogP contribution in [0.5, 0.6) is 5.75 Å². The summed E-state index contributed by atoms with van der Waals surface area (Å²) >= 11 is 0. The number of benzene rings is 1. The van der Waals surface area contributed by atoms with Crippen LogP contribution in [0.15, 0.2) is 30.3 Å². The van der Waals surface area contributed by atoms with Gasteiger partial charge in [-0.05, 0) is 24.6 Å². The first-order valence-corrected chi connectivity index (χ1v) is 6.40. The van der Waals surface area contributed by atoms with Gasteiger partial charge < -0.3 is 82.2 Å². The maximum absolute atomic E-state index is 11.8. The molecule has 0 fully saturated rings. The van der Waals surface area contributed by atoms with Crippen molar-refractivity contribution in [3.05, 3.63) is 95.6 Å². The summed E-state index contributed by atoms with van der Waals surface area (Å²) in [4.78, 5) is 11.8. The van der Waals surface area contributed by atoms with E-state index in [0.717, 1.165) is 5.56 Å².